The van der Waals surface area contributed by atoms with E-state index in [0.29, 0.717) is 22.5 Å². The van der Waals surface area contributed by atoms with E-state index in [4.69, 9.17) is 0 Å². The first-order valence-electron chi connectivity index (χ1n) is 13.2. The highest BCUT2D eigenvalue weighted by Crippen LogP contribution is 2.84. The number of hydrogen-bond acceptors (Lipinski definition) is 4. The minimum absolute atomic E-state index is 0.268. The number of nitrogens with zero attached hydrogens (tertiary/aromatic N) is 4. The highest BCUT2D eigenvalue weighted by atomic mass is 16.2. The Hall–Kier alpha value is -5.20. The Morgan fingerprint density at radius 2 is 1.10 bits per heavy atom. The van der Waals surface area contributed by atoms with Gasteiger partial charge in [0.05, 0.1) is 25.2 Å². The molecule has 0 N–H and O–H groups in total. The molecule has 2 heterocycles. The van der Waals surface area contributed by atoms with Gasteiger partial charge in [0, 0.05) is 11.4 Å². The van der Waals surface area contributed by atoms with Crippen molar-refractivity contribution in [3.8, 4) is 12.1 Å². The summed E-state index contributed by atoms with van der Waals surface area (Å²) in [5.41, 5.74) is -0.137. The van der Waals surface area contributed by atoms with Gasteiger partial charge in [-0.2, -0.15) is 10.5 Å². The lowest BCUT2D eigenvalue weighted by Crippen LogP contribution is -2.41. The van der Waals surface area contributed by atoms with Crippen molar-refractivity contribution in [1.82, 2.24) is 0 Å². The summed E-state index contributed by atoms with van der Waals surface area (Å²) in [7, 11) is 0. The number of aryl methyl sites for hydroxylation is 1. The predicted octanol–water partition coefficient (Wildman–Crippen LogP) is 5.31. The van der Waals surface area contributed by atoms with Crippen molar-refractivity contribution >= 4 is 23.2 Å². The van der Waals surface area contributed by atoms with E-state index < -0.39 is 16.2 Å². The summed E-state index contributed by atoms with van der Waals surface area (Å²) in [6.07, 6.45) is 0. The number of anilines is 2. The second kappa shape index (κ2) is 8.15. The third-order valence-electron chi connectivity index (χ3n) is 8.91. The molecule has 0 unspecified atom stereocenters. The van der Waals surface area contributed by atoms with Crippen LogP contribution in [0.25, 0.3) is 0 Å². The van der Waals surface area contributed by atoms with Crippen LogP contribution in [-0.4, -0.2) is 11.8 Å². The van der Waals surface area contributed by atoms with Gasteiger partial charge >= 0.3 is 0 Å². The number of rotatable bonds is 4. The molecular weight excluding hydrogens is 496 g/mol. The van der Waals surface area contributed by atoms with Crippen LogP contribution in [0.15, 0.2) is 103 Å². The molecule has 40 heavy (non-hydrogen) atoms. The van der Waals surface area contributed by atoms with Gasteiger partial charge in [0.15, 0.2) is 5.41 Å². The number of fused-ring (bicyclic) bond motifs is 5. The molecule has 2 atom stereocenters. The van der Waals surface area contributed by atoms with Crippen LogP contribution in [0.3, 0.4) is 0 Å². The van der Waals surface area contributed by atoms with Crippen LogP contribution in [0.5, 0.6) is 0 Å². The lowest BCUT2D eigenvalue weighted by atomic mass is 9.82. The summed E-state index contributed by atoms with van der Waals surface area (Å²) in [5, 5.41) is 21.6. The summed E-state index contributed by atoms with van der Waals surface area (Å²) in [6, 6.07) is 36.7. The molecule has 2 amide bonds. The van der Waals surface area contributed by atoms with Gasteiger partial charge in [-0.15, -0.1) is 0 Å². The zero-order valence-corrected chi connectivity index (χ0v) is 21.8. The van der Waals surface area contributed by atoms with Crippen LogP contribution in [0.4, 0.5) is 11.4 Å². The van der Waals surface area contributed by atoms with E-state index in [1.165, 1.54) is 0 Å². The Morgan fingerprint density at radius 3 is 1.65 bits per heavy atom. The van der Waals surface area contributed by atoms with Crippen LogP contribution in [0.2, 0.25) is 0 Å². The van der Waals surface area contributed by atoms with E-state index in [9.17, 15) is 20.1 Å². The van der Waals surface area contributed by atoms with Crippen molar-refractivity contribution in [2.45, 2.75) is 30.8 Å². The van der Waals surface area contributed by atoms with Crippen LogP contribution in [0, 0.1) is 35.0 Å². The Balaban J connectivity index is 1.48. The van der Waals surface area contributed by atoms with Gasteiger partial charge in [-0.3, -0.25) is 9.59 Å². The van der Waals surface area contributed by atoms with Gasteiger partial charge in [-0.1, -0.05) is 96.6 Å². The molecular formula is C34H24N4O2. The maximum atomic E-state index is 14.8. The first-order chi connectivity index (χ1) is 19.5. The average Bonchev–Trinajstić information content (AvgIpc) is 3.37. The quantitative estimate of drug-likeness (QED) is 0.365. The molecule has 2 aliphatic heterocycles. The Labute approximate surface area is 232 Å². The van der Waals surface area contributed by atoms with E-state index in [2.05, 4.69) is 12.1 Å². The van der Waals surface area contributed by atoms with Gasteiger partial charge < -0.3 is 9.80 Å². The largest absolute Gasteiger partial charge is 0.307 e. The highest BCUT2D eigenvalue weighted by Gasteiger charge is 3.00. The smallest absolute Gasteiger partial charge is 0.242 e. The highest BCUT2D eigenvalue weighted by molar-refractivity contribution is 6.26. The molecule has 3 aliphatic rings. The normalized spacial score (nSPS) is 23.2. The van der Waals surface area contributed by atoms with E-state index in [0.717, 1.165) is 16.7 Å². The fraction of sp³-hybridized carbons (Fsp3) is 0.176. The Kier molecular flexibility index (Phi) is 4.87. The first kappa shape index (κ1) is 23.9. The molecule has 192 valence electrons. The van der Waals surface area contributed by atoms with E-state index in [1.807, 2.05) is 104 Å². The lowest BCUT2D eigenvalue weighted by Gasteiger charge is -2.20. The van der Waals surface area contributed by atoms with Crippen LogP contribution in [-0.2, 0) is 33.5 Å². The number of carbonyl (C=O) groups excluding carboxylic acids is 2. The molecule has 7 rings (SSSR count). The second-order valence-corrected chi connectivity index (χ2v) is 10.8. The molecule has 1 fully saturated rings. The number of carbonyl (C=O) groups is 2. The monoisotopic (exact) mass is 520 g/mol. The van der Waals surface area contributed by atoms with Gasteiger partial charge in [0.1, 0.15) is 10.8 Å². The van der Waals surface area contributed by atoms with E-state index >= 15 is 0 Å². The van der Waals surface area contributed by atoms with Crippen molar-refractivity contribution in [3.05, 3.63) is 131 Å². The lowest BCUT2D eigenvalue weighted by molar-refractivity contribution is -0.125. The van der Waals surface area contributed by atoms with Gasteiger partial charge in [0.25, 0.3) is 0 Å². The predicted molar refractivity (Wildman–Crippen MR) is 150 cm³/mol. The van der Waals surface area contributed by atoms with Gasteiger partial charge in [-0.25, -0.2) is 0 Å². The Morgan fingerprint density at radius 1 is 0.625 bits per heavy atom. The fourth-order valence-electron chi connectivity index (χ4n) is 7.28. The van der Waals surface area contributed by atoms with Gasteiger partial charge in [0.2, 0.25) is 11.8 Å². The maximum Gasteiger partial charge on any atom is 0.242 e. The molecule has 0 radical (unpaired) electrons. The zero-order chi connectivity index (χ0) is 27.7. The minimum atomic E-state index is -1.91. The molecule has 0 bridgehead atoms. The molecule has 2 spiro atoms. The number of benzene rings is 4. The summed E-state index contributed by atoms with van der Waals surface area (Å²) < 4.78 is 0. The van der Waals surface area contributed by atoms with Crippen LogP contribution >= 0.6 is 0 Å². The van der Waals surface area contributed by atoms with E-state index in [-0.39, 0.29) is 24.9 Å². The van der Waals surface area contributed by atoms with Crippen molar-refractivity contribution in [1.29, 1.82) is 10.5 Å². The summed E-state index contributed by atoms with van der Waals surface area (Å²) >= 11 is 0. The SMILES string of the molecule is Cc1ccc2c(c1)[C@@]1(C(=O)N2Cc2ccccc2)C(C#N)(C#N)[C@@]12C(=O)N(Cc1ccccc1)c1ccccc12. The van der Waals surface area contributed by atoms with Crippen molar-refractivity contribution in [2.24, 2.45) is 5.41 Å². The third kappa shape index (κ3) is 2.56. The van der Waals surface area contributed by atoms with Crippen molar-refractivity contribution in [2.75, 3.05) is 9.80 Å². The molecule has 0 saturated heterocycles. The Bertz CT molecular complexity index is 1790. The summed E-state index contributed by atoms with van der Waals surface area (Å²) in [4.78, 5) is 32.9. The first-order valence-corrected chi connectivity index (χ1v) is 13.2. The number of nitriles is 2. The third-order valence-corrected chi connectivity index (χ3v) is 8.91. The number of para-hydroxylation sites is 1. The fourth-order valence-corrected chi connectivity index (χ4v) is 7.28. The summed E-state index contributed by atoms with van der Waals surface area (Å²) in [6.45, 7) is 2.45. The maximum absolute atomic E-state index is 14.8. The van der Waals surface area contributed by atoms with Crippen molar-refractivity contribution in [3.63, 3.8) is 0 Å². The second-order valence-electron chi connectivity index (χ2n) is 10.8. The molecule has 4 aromatic rings. The molecule has 0 aromatic heterocycles. The van der Waals surface area contributed by atoms with Crippen molar-refractivity contribution < 1.29 is 9.59 Å². The molecule has 6 nitrogen and oxygen atoms in total. The molecule has 1 aliphatic carbocycles. The number of hydrogen-bond donors (Lipinski definition) is 0. The van der Waals surface area contributed by atoms with Gasteiger partial charge in [-0.05, 0) is 41.3 Å². The van der Waals surface area contributed by atoms with Crippen LogP contribution < -0.4 is 9.80 Å². The summed E-state index contributed by atoms with van der Waals surface area (Å²) in [5.74, 6) is -0.771. The zero-order valence-electron chi connectivity index (χ0n) is 21.8. The van der Waals surface area contributed by atoms with E-state index in [1.54, 1.807) is 15.9 Å². The van der Waals surface area contributed by atoms with Crippen LogP contribution in [0.1, 0.15) is 27.8 Å². The standard InChI is InChI=1S/C34H24N4O2/c1-23-16-17-29-27(18-23)34(31(40)38(29)20-25-12-6-3-7-13-25)32(21-35,22-36)33(34)26-14-8-9-15-28(26)37(30(33)39)19-24-10-4-2-5-11-24/h2-18H,19-20H2,1H3/t33-,34-/m1/s1. The molecule has 6 heteroatoms. The number of amides is 2. The minimum Gasteiger partial charge on any atom is -0.307 e. The topological polar surface area (TPSA) is 88.2 Å². The molecule has 1 saturated carbocycles. The molecule has 4 aromatic carbocycles. The average molecular weight is 521 g/mol.